The first kappa shape index (κ1) is 16.3. The lowest BCUT2D eigenvalue weighted by atomic mass is 9.94. The Morgan fingerprint density at radius 1 is 1.09 bits per heavy atom. The molecule has 1 N–H and O–H groups in total. The third kappa shape index (κ3) is 3.35. The molecule has 2 aliphatic heterocycles. The van der Waals surface area contributed by atoms with E-state index in [4.69, 9.17) is 0 Å². The molecule has 0 aromatic carbocycles. The first-order chi connectivity index (χ1) is 11.1. The fourth-order valence-corrected chi connectivity index (χ4v) is 4.52. The van der Waals surface area contributed by atoms with Crippen LogP contribution in [0.3, 0.4) is 0 Å². The third-order valence-electron chi connectivity index (χ3n) is 5.71. The van der Waals surface area contributed by atoms with Gasteiger partial charge in [0.05, 0.1) is 6.54 Å². The number of rotatable bonds is 3. The lowest BCUT2D eigenvalue weighted by molar-refractivity contribution is -0.151. The van der Waals surface area contributed by atoms with Gasteiger partial charge >= 0.3 is 5.97 Å². The summed E-state index contributed by atoms with van der Waals surface area (Å²) in [5, 5.41) is 9.55. The maximum absolute atomic E-state index is 12.7. The van der Waals surface area contributed by atoms with Crippen molar-refractivity contribution >= 4 is 17.8 Å². The van der Waals surface area contributed by atoms with E-state index in [0.29, 0.717) is 25.4 Å². The van der Waals surface area contributed by atoms with Crippen molar-refractivity contribution in [3.8, 4) is 0 Å². The van der Waals surface area contributed by atoms with Gasteiger partial charge in [-0.15, -0.1) is 0 Å². The maximum atomic E-state index is 12.7. The molecule has 0 aromatic rings. The second-order valence-corrected chi connectivity index (χ2v) is 7.16. The number of nitrogens with zero attached hydrogens (tertiary/aromatic N) is 2. The molecule has 1 saturated carbocycles. The van der Waals surface area contributed by atoms with Crippen LogP contribution in [-0.2, 0) is 14.4 Å². The third-order valence-corrected chi connectivity index (χ3v) is 5.71. The van der Waals surface area contributed by atoms with Gasteiger partial charge < -0.3 is 14.9 Å². The lowest BCUT2D eigenvalue weighted by Crippen LogP contribution is -2.48. The van der Waals surface area contributed by atoms with E-state index in [2.05, 4.69) is 0 Å². The van der Waals surface area contributed by atoms with Crippen LogP contribution >= 0.6 is 0 Å². The summed E-state index contributed by atoms with van der Waals surface area (Å²) in [4.78, 5) is 39.6. The van der Waals surface area contributed by atoms with Gasteiger partial charge in [0, 0.05) is 19.5 Å². The van der Waals surface area contributed by atoms with E-state index in [1.165, 1.54) is 4.90 Å². The predicted octanol–water partition coefficient (Wildman–Crippen LogP) is 1.49. The number of carbonyl (C=O) groups excluding carboxylic acids is 2. The number of carboxylic acid groups (broad SMARTS) is 1. The number of hydrogen-bond donors (Lipinski definition) is 1. The molecule has 2 saturated heterocycles. The second kappa shape index (κ2) is 6.89. The molecular formula is C17H26N2O4. The van der Waals surface area contributed by atoms with Gasteiger partial charge in [-0.1, -0.05) is 19.3 Å². The molecule has 3 rings (SSSR count). The highest BCUT2D eigenvalue weighted by molar-refractivity contribution is 5.88. The van der Waals surface area contributed by atoms with Crippen LogP contribution in [-0.4, -0.2) is 58.4 Å². The quantitative estimate of drug-likeness (QED) is 0.854. The Morgan fingerprint density at radius 3 is 2.65 bits per heavy atom. The predicted molar refractivity (Wildman–Crippen MR) is 83.6 cm³/mol. The molecule has 0 radical (unpaired) electrons. The van der Waals surface area contributed by atoms with Gasteiger partial charge in [-0.3, -0.25) is 9.59 Å². The number of amides is 2. The van der Waals surface area contributed by atoms with Crippen LogP contribution in [0.2, 0.25) is 0 Å². The highest BCUT2D eigenvalue weighted by Gasteiger charge is 2.49. The van der Waals surface area contributed by atoms with Crippen molar-refractivity contribution < 1.29 is 19.5 Å². The van der Waals surface area contributed by atoms with Crippen molar-refractivity contribution in [2.45, 2.75) is 57.4 Å². The molecule has 0 spiro atoms. The van der Waals surface area contributed by atoms with Crippen molar-refractivity contribution in [3.63, 3.8) is 0 Å². The summed E-state index contributed by atoms with van der Waals surface area (Å²) in [5.41, 5.74) is 0. The van der Waals surface area contributed by atoms with Crippen molar-refractivity contribution in [3.05, 3.63) is 0 Å². The van der Waals surface area contributed by atoms with E-state index >= 15 is 0 Å². The fraction of sp³-hybridized carbons (Fsp3) is 0.824. The van der Waals surface area contributed by atoms with Gasteiger partial charge in [-0.05, 0) is 37.5 Å². The molecule has 1 aliphatic carbocycles. The van der Waals surface area contributed by atoms with Gasteiger partial charge in [-0.2, -0.15) is 0 Å². The smallest absolute Gasteiger partial charge is 0.326 e. The molecule has 3 aliphatic rings. The van der Waals surface area contributed by atoms with Crippen molar-refractivity contribution in [1.82, 2.24) is 9.80 Å². The monoisotopic (exact) mass is 322 g/mol. The summed E-state index contributed by atoms with van der Waals surface area (Å²) < 4.78 is 0. The molecule has 0 bridgehead atoms. The molecule has 6 heteroatoms. The normalized spacial score (nSPS) is 31.7. The van der Waals surface area contributed by atoms with E-state index in [0.717, 1.165) is 44.9 Å². The van der Waals surface area contributed by atoms with E-state index in [9.17, 15) is 19.5 Å². The zero-order valence-corrected chi connectivity index (χ0v) is 13.6. The van der Waals surface area contributed by atoms with Crippen molar-refractivity contribution in [2.24, 2.45) is 11.8 Å². The summed E-state index contributed by atoms with van der Waals surface area (Å²) in [6, 6.07) is -0.695. The number of fused-ring (bicyclic) bond motifs is 1. The molecule has 0 aromatic heterocycles. The van der Waals surface area contributed by atoms with E-state index in [1.807, 2.05) is 0 Å². The van der Waals surface area contributed by atoms with Crippen LogP contribution in [0.15, 0.2) is 0 Å². The topological polar surface area (TPSA) is 77.9 Å². The number of carboxylic acids is 1. The minimum Gasteiger partial charge on any atom is -0.480 e. The average molecular weight is 322 g/mol. The molecule has 3 atom stereocenters. The molecule has 3 fully saturated rings. The van der Waals surface area contributed by atoms with E-state index in [-0.39, 0.29) is 24.3 Å². The summed E-state index contributed by atoms with van der Waals surface area (Å²) in [7, 11) is 0. The molecule has 23 heavy (non-hydrogen) atoms. The Labute approximate surface area is 136 Å². The van der Waals surface area contributed by atoms with Crippen molar-refractivity contribution in [2.75, 3.05) is 19.6 Å². The molecule has 2 heterocycles. The molecule has 3 unspecified atom stereocenters. The average Bonchev–Trinajstić information content (AvgIpc) is 3.06. The largest absolute Gasteiger partial charge is 0.480 e. The summed E-state index contributed by atoms with van der Waals surface area (Å²) in [6.45, 7) is 1.20. The maximum Gasteiger partial charge on any atom is 0.326 e. The first-order valence-corrected chi connectivity index (χ1v) is 8.88. The first-order valence-electron chi connectivity index (χ1n) is 8.88. The fourth-order valence-electron chi connectivity index (χ4n) is 4.52. The number of hydrogen-bond acceptors (Lipinski definition) is 3. The Kier molecular flexibility index (Phi) is 4.87. The number of carbonyl (C=O) groups is 3. The van der Waals surface area contributed by atoms with E-state index in [1.54, 1.807) is 4.90 Å². The van der Waals surface area contributed by atoms with Crippen LogP contribution in [0.25, 0.3) is 0 Å². The van der Waals surface area contributed by atoms with E-state index < -0.39 is 12.0 Å². The van der Waals surface area contributed by atoms with Gasteiger partial charge in [0.25, 0.3) is 0 Å². The molecule has 2 amide bonds. The summed E-state index contributed by atoms with van der Waals surface area (Å²) >= 11 is 0. The Morgan fingerprint density at radius 2 is 1.87 bits per heavy atom. The minimum absolute atomic E-state index is 0.0318. The van der Waals surface area contributed by atoms with Gasteiger partial charge in [0.2, 0.25) is 11.8 Å². The Bertz CT molecular complexity index is 493. The van der Waals surface area contributed by atoms with Crippen molar-refractivity contribution in [1.29, 1.82) is 0 Å². The number of aliphatic carboxylic acids is 1. The summed E-state index contributed by atoms with van der Waals surface area (Å²) in [5.74, 6) is -0.639. The van der Waals surface area contributed by atoms with Crippen LogP contribution in [0, 0.1) is 11.8 Å². The Hall–Kier alpha value is -1.59. The SMILES string of the molecule is O=C(O)C1C2CCCC2CN1C(=O)CN1CCCCCCC1=O. The Balaban J connectivity index is 1.66. The van der Waals surface area contributed by atoms with Gasteiger partial charge in [0.15, 0.2) is 0 Å². The summed E-state index contributed by atoms with van der Waals surface area (Å²) in [6.07, 6.45) is 7.44. The molecular weight excluding hydrogens is 296 g/mol. The zero-order chi connectivity index (χ0) is 16.4. The molecule has 6 nitrogen and oxygen atoms in total. The van der Waals surface area contributed by atoms with Crippen LogP contribution in [0.5, 0.6) is 0 Å². The van der Waals surface area contributed by atoms with Crippen LogP contribution in [0.1, 0.15) is 51.4 Å². The highest BCUT2D eigenvalue weighted by Crippen LogP contribution is 2.42. The van der Waals surface area contributed by atoms with Gasteiger partial charge in [0.1, 0.15) is 6.04 Å². The van der Waals surface area contributed by atoms with Gasteiger partial charge in [-0.25, -0.2) is 4.79 Å². The minimum atomic E-state index is -0.897. The second-order valence-electron chi connectivity index (χ2n) is 7.16. The lowest BCUT2D eigenvalue weighted by Gasteiger charge is -2.29. The van der Waals surface area contributed by atoms with Crippen LogP contribution < -0.4 is 0 Å². The number of likely N-dealkylation sites (tertiary alicyclic amines) is 2. The zero-order valence-electron chi connectivity index (χ0n) is 13.6. The molecule has 128 valence electrons. The van der Waals surface area contributed by atoms with Crippen LogP contribution in [0.4, 0.5) is 0 Å². The standard InChI is InChI=1S/C17H26N2O4/c20-14-8-3-1-2-4-9-18(14)11-15(21)19-10-12-6-5-7-13(12)16(19)17(22)23/h12-13,16H,1-11H2,(H,22,23). The highest BCUT2D eigenvalue weighted by atomic mass is 16.4.